The second kappa shape index (κ2) is 6.76. The number of hydrogen-bond acceptors (Lipinski definition) is 4. The summed E-state index contributed by atoms with van der Waals surface area (Å²) in [4.78, 5) is 19.6. The summed E-state index contributed by atoms with van der Waals surface area (Å²) in [5.74, 6) is -0.300. The lowest BCUT2D eigenvalue weighted by molar-refractivity contribution is 0.0711. The molecule has 2 aromatic rings. The Hall–Kier alpha value is -1.79. The van der Waals surface area contributed by atoms with Gasteiger partial charge in [0.15, 0.2) is 0 Å². The molecule has 0 saturated heterocycles. The van der Waals surface area contributed by atoms with Crippen LogP contribution in [0.5, 0.6) is 0 Å². The summed E-state index contributed by atoms with van der Waals surface area (Å²) in [7, 11) is 0. The Bertz CT molecular complexity index is 695. The molecule has 0 bridgehead atoms. The molecular formula is C17H19FN2O2S. The number of halogens is 1. The number of aromatic nitrogens is 1. The van der Waals surface area contributed by atoms with E-state index >= 15 is 0 Å². The number of thiazole rings is 1. The molecule has 1 N–H and O–H groups in total. The summed E-state index contributed by atoms with van der Waals surface area (Å²) in [6.45, 7) is 2.18. The monoisotopic (exact) mass is 334 g/mol. The van der Waals surface area contributed by atoms with Crippen LogP contribution in [0.15, 0.2) is 24.3 Å². The number of carbonyl (C=O) groups excluding carboxylic acids is 1. The van der Waals surface area contributed by atoms with Crippen LogP contribution in [0.4, 0.5) is 4.39 Å². The molecule has 1 aromatic carbocycles. The van der Waals surface area contributed by atoms with E-state index in [9.17, 15) is 9.18 Å². The number of aliphatic hydroxyl groups excluding tert-OH is 1. The zero-order chi connectivity index (χ0) is 16.4. The van der Waals surface area contributed by atoms with Crippen molar-refractivity contribution in [2.45, 2.75) is 32.2 Å². The molecule has 4 nitrogen and oxygen atoms in total. The Labute approximate surface area is 138 Å². The first-order valence-corrected chi connectivity index (χ1v) is 8.52. The van der Waals surface area contributed by atoms with E-state index in [0.717, 1.165) is 29.1 Å². The highest BCUT2D eigenvalue weighted by Gasteiger charge is 2.34. The van der Waals surface area contributed by atoms with Gasteiger partial charge < -0.3 is 10.0 Å². The van der Waals surface area contributed by atoms with Gasteiger partial charge in [0.05, 0.1) is 17.3 Å². The van der Waals surface area contributed by atoms with E-state index in [1.54, 1.807) is 17.0 Å². The molecular weight excluding hydrogens is 315 g/mol. The van der Waals surface area contributed by atoms with Crippen molar-refractivity contribution >= 4 is 17.2 Å². The maximum absolute atomic E-state index is 13.0. The predicted molar refractivity (Wildman–Crippen MR) is 87.2 cm³/mol. The number of benzene rings is 1. The molecule has 1 fully saturated rings. The summed E-state index contributed by atoms with van der Waals surface area (Å²) < 4.78 is 13.0. The van der Waals surface area contributed by atoms with Crippen LogP contribution in [-0.2, 0) is 6.42 Å². The summed E-state index contributed by atoms with van der Waals surface area (Å²) in [6.07, 6.45) is 2.60. The minimum Gasteiger partial charge on any atom is -0.395 e. The topological polar surface area (TPSA) is 53.4 Å². The number of amides is 1. The highest BCUT2D eigenvalue weighted by molar-refractivity contribution is 7.13. The molecule has 0 radical (unpaired) electrons. The summed E-state index contributed by atoms with van der Waals surface area (Å²) >= 11 is 1.39. The lowest BCUT2D eigenvalue weighted by Crippen LogP contribution is -2.35. The summed E-state index contributed by atoms with van der Waals surface area (Å²) in [5, 5.41) is 10.0. The Kier molecular flexibility index (Phi) is 4.73. The number of hydrogen-bond donors (Lipinski definition) is 1. The van der Waals surface area contributed by atoms with Gasteiger partial charge in [0.25, 0.3) is 5.91 Å². The van der Waals surface area contributed by atoms with Crippen molar-refractivity contribution in [3.63, 3.8) is 0 Å². The Balaban J connectivity index is 1.77. The standard InChI is InChI=1S/C17H19FN2O2S/c1-11-16(17(22)20(8-9-21)14-6-7-14)23-15(19-11)10-12-2-4-13(18)5-3-12/h2-5,14,21H,6-10H2,1H3. The third-order valence-corrected chi connectivity index (χ3v) is 5.04. The first-order chi connectivity index (χ1) is 11.1. The molecule has 1 aromatic heterocycles. The molecule has 1 heterocycles. The molecule has 1 aliphatic carbocycles. The SMILES string of the molecule is Cc1nc(Cc2ccc(F)cc2)sc1C(=O)N(CCO)C1CC1. The summed E-state index contributed by atoms with van der Waals surface area (Å²) in [6, 6.07) is 6.58. The van der Waals surface area contributed by atoms with Gasteiger partial charge in [-0.25, -0.2) is 9.37 Å². The van der Waals surface area contributed by atoms with Gasteiger partial charge in [-0.1, -0.05) is 12.1 Å². The van der Waals surface area contributed by atoms with E-state index in [1.807, 2.05) is 6.92 Å². The van der Waals surface area contributed by atoms with Crippen molar-refractivity contribution in [1.82, 2.24) is 9.88 Å². The van der Waals surface area contributed by atoms with Gasteiger partial charge in [0.2, 0.25) is 0 Å². The van der Waals surface area contributed by atoms with Crippen molar-refractivity contribution in [2.24, 2.45) is 0 Å². The average Bonchev–Trinajstić information content (AvgIpc) is 3.30. The molecule has 1 amide bonds. The number of aliphatic hydroxyl groups is 1. The molecule has 0 unspecified atom stereocenters. The number of rotatable bonds is 6. The van der Waals surface area contributed by atoms with Crippen LogP contribution in [-0.4, -0.2) is 40.1 Å². The first-order valence-electron chi connectivity index (χ1n) is 7.71. The maximum atomic E-state index is 13.0. The Morgan fingerprint density at radius 1 is 1.39 bits per heavy atom. The zero-order valence-electron chi connectivity index (χ0n) is 13.0. The van der Waals surface area contributed by atoms with Gasteiger partial charge in [0.1, 0.15) is 10.7 Å². The van der Waals surface area contributed by atoms with Crippen molar-refractivity contribution < 1.29 is 14.3 Å². The molecule has 6 heteroatoms. The minimum absolute atomic E-state index is 0.0253. The van der Waals surface area contributed by atoms with Crippen molar-refractivity contribution in [3.05, 3.63) is 51.2 Å². The van der Waals surface area contributed by atoms with E-state index < -0.39 is 0 Å². The van der Waals surface area contributed by atoms with Crippen LogP contribution in [0.1, 0.15) is 38.8 Å². The first kappa shape index (κ1) is 16.1. The van der Waals surface area contributed by atoms with Crippen LogP contribution < -0.4 is 0 Å². The van der Waals surface area contributed by atoms with Crippen LogP contribution in [0.2, 0.25) is 0 Å². The molecule has 1 saturated carbocycles. The van der Waals surface area contributed by atoms with Gasteiger partial charge in [0, 0.05) is 19.0 Å². The van der Waals surface area contributed by atoms with E-state index in [1.165, 1.54) is 23.5 Å². The fraction of sp³-hybridized carbons (Fsp3) is 0.412. The average molecular weight is 334 g/mol. The van der Waals surface area contributed by atoms with Crippen LogP contribution >= 0.6 is 11.3 Å². The minimum atomic E-state index is -0.260. The van der Waals surface area contributed by atoms with E-state index in [-0.39, 0.29) is 24.4 Å². The molecule has 1 aliphatic rings. The largest absolute Gasteiger partial charge is 0.395 e. The quantitative estimate of drug-likeness (QED) is 0.884. The highest BCUT2D eigenvalue weighted by Crippen LogP contribution is 2.30. The van der Waals surface area contributed by atoms with Crippen LogP contribution in [0, 0.1) is 12.7 Å². The second-order valence-corrected chi connectivity index (χ2v) is 6.86. The molecule has 122 valence electrons. The fourth-order valence-electron chi connectivity index (χ4n) is 2.58. The Morgan fingerprint density at radius 3 is 2.70 bits per heavy atom. The predicted octanol–water partition coefficient (Wildman–Crippen LogP) is 2.78. The molecule has 23 heavy (non-hydrogen) atoms. The van der Waals surface area contributed by atoms with Gasteiger partial charge in [-0.3, -0.25) is 4.79 Å². The third-order valence-electron chi connectivity index (χ3n) is 3.89. The van der Waals surface area contributed by atoms with Gasteiger partial charge in [-0.2, -0.15) is 0 Å². The van der Waals surface area contributed by atoms with Crippen molar-refractivity contribution in [3.8, 4) is 0 Å². The normalized spacial score (nSPS) is 14.0. The third kappa shape index (κ3) is 3.76. The maximum Gasteiger partial charge on any atom is 0.266 e. The fourth-order valence-corrected chi connectivity index (χ4v) is 3.63. The van der Waals surface area contributed by atoms with E-state index in [0.29, 0.717) is 17.8 Å². The van der Waals surface area contributed by atoms with E-state index in [2.05, 4.69) is 4.98 Å². The van der Waals surface area contributed by atoms with Crippen LogP contribution in [0.25, 0.3) is 0 Å². The number of carbonyl (C=O) groups is 1. The van der Waals surface area contributed by atoms with Gasteiger partial charge >= 0.3 is 0 Å². The highest BCUT2D eigenvalue weighted by atomic mass is 32.1. The second-order valence-electron chi connectivity index (χ2n) is 5.78. The van der Waals surface area contributed by atoms with Crippen molar-refractivity contribution in [2.75, 3.05) is 13.2 Å². The van der Waals surface area contributed by atoms with Gasteiger partial charge in [-0.05, 0) is 37.5 Å². The molecule has 0 atom stereocenters. The van der Waals surface area contributed by atoms with Gasteiger partial charge in [-0.15, -0.1) is 11.3 Å². The van der Waals surface area contributed by atoms with Crippen molar-refractivity contribution in [1.29, 1.82) is 0 Å². The molecule has 0 aliphatic heterocycles. The van der Waals surface area contributed by atoms with Crippen LogP contribution in [0.3, 0.4) is 0 Å². The lowest BCUT2D eigenvalue weighted by atomic mass is 10.1. The number of nitrogens with zero attached hydrogens (tertiary/aromatic N) is 2. The smallest absolute Gasteiger partial charge is 0.266 e. The number of aryl methyl sites for hydroxylation is 1. The zero-order valence-corrected chi connectivity index (χ0v) is 13.8. The lowest BCUT2D eigenvalue weighted by Gasteiger charge is -2.20. The molecule has 3 rings (SSSR count). The van der Waals surface area contributed by atoms with E-state index in [4.69, 9.17) is 5.11 Å². The Morgan fingerprint density at radius 2 is 2.09 bits per heavy atom. The summed E-state index contributed by atoms with van der Waals surface area (Å²) in [5.41, 5.74) is 1.69. The molecule has 0 spiro atoms.